The number of urea groups is 1. The number of imidazole rings is 1. The first-order valence-electron chi connectivity index (χ1n) is 17.9. The van der Waals surface area contributed by atoms with Crippen molar-refractivity contribution in [2.24, 2.45) is 13.0 Å². The number of piperidine rings is 1. The summed E-state index contributed by atoms with van der Waals surface area (Å²) in [7, 11) is 1.87. The molecule has 16 heteroatoms. The number of ether oxygens (including phenoxy) is 1. The highest BCUT2D eigenvalue weighted by Crippen LogP contribution is 2.37. The Labute approximate surface area is 310 Å². The number of aromatic nitrogens is 6. The third kappa shape index (κ3) is 7.10. The monoisotopic (exact) mass is 741 g/mol. The number of hydrogen-bond acceptors (Lipinski definition) is 10. The summed E-state index contributed by atoms with van der Waals surface area (Å²) >= 11 is 6.56. The molecule has 3 fully saturated rings. The lowest BCUT2D eigenvalue weighted by atomic mass is 9.95. The van der Waals surface area contributed by atoms with Gasteiger partial charge in [-0.15, -0.1) is 0 Å². The highest BCUT2D eigenvalue weighted by Gasteiger charge is 2.30. The number of nitrogens with one attached hydrogen (secondary N) is 2. The van der Waals surface area contributed by atoms with E-state index in [1.165, 1.54) is 17.2 Å². The number of piperazine rings is 1. The van der Waals surface area contributed by atoms with Gasteiger partial charge in [-0.05, 0) is 62.9 Å². The molecule has 3 saturated heterocycles. The van der Waals surface area contributed by atoms with E-state index in [0.29, 0.717) is 50.8 Å². The molecule has 0 aliphatic carbocycles. The summed E-state index contributed by atoms with van der Waals surface area (Å²) in [6.45, 7) is 9.67. The van der Waals surface area contributed by atoms with Crippen molar-refractivity contribution in [2.75, 3.05) is 60.5 Å². The van der Waals surface area contributed by atoms with E-state index in [1.807, 2.05) is 32.3 Å². The van der Waals surface area contributed by atoms with E-state index in [9.17, 15) is 9.59 Å². The molecule has 8 rings (SSSR count). The number of halogens is 2. The van der Waals surface area contributed by atoms with Gasteiger partial charge in [0.2, 0.25) is 5.91 Å². The molecule has 0 radical (unpaired) electrons. The molecule has 4 aromatic heterocycles. The van der Waals surface area contributed by atoms with Gasteiger partial charge in [0.05, 0.1) is 29.3 Å². The number of pyridine rings is 2. The zero-order valence-electron chi connectivity index (χ0n) is 29.9. The van der Waals surface area contributed by atoms with E-state index in [0.717, 1.165) is 69.2 Å². The number of carbonyl (C=O) groups is 2. The van der Waals surface area contributed by atoms with E-state index < -0.39 is 6.03 Å². The number of anilines is 3. The highest BCUT2D eigenvalue weighted by atomic mass is 35.5. The van der Waals surface area contributed by atoms with E-state index in [-0.39, 0.29) is 30.7 Å². The van der Waals surface area contributed by atoms with Gasteiger partial charge in [-0.2, -0.15) is 5.10 Å². The molecule has 3 aliphatic heterocycles. The molecule has 3 amide bonds. The summed E-state index contributed by atoms with van der Waals surface area (Å²) in [5.41, 5.74) is 3.82. The van der Waals surface area contributed by atoms with Crippen LogP contribution in [-0.4, -0.2) is 98.4 Å². The number of rotatable bonds is 8. The number of fused-ring (bicyclic) bond motifs is 1. The third-order valence-electron chi connectivity index (χ3n) is 10.4. The van der Waals surface area contributed by atoms with Gasteiger partial charge in [-0.3, -0.25) is 24.6 Å². The summed E-state index contributed by atoms with van der Waals surface area (Å²) in [4.78, 5) is 49.2. The van der Waals surface area contributed by atoms with E-state index in [4.69, 9.17) is 21.3 Å². The first-order valence-corrected chi connectivity index (χ1v) is 18.3. The molecule has 0 bridgehead atoms. The Morgan fingerprint density at radius 1 is 1.04 bits per heavy atom. The average molecular weight is 742 g/mol. The molecule has 3 aliphatic rings. The predicted octanol–water partition coefficient (Wildman–Crippen LogP) is 5.52. The number of nitrogens with zero attached hydrogens (tertiary/aromatic N) is 9. The highest BCUT2D eigenvalue weighted by molar-refractivity contribution is 6.32. The number of hydrogen-bond donors (Lipinski definition) is 2. The van der Waals surface area contributed by atoms with Gasteiger partial charge in [0.1, 0.15) is 33.7 Å². The number of carbonyl (C=O) groups excluding carboxylic acids is 2. The van der Waals surface area contributed by atoms with Gasteiger partial charge in [-0.1, -0.05) is 11.6 Å². The fraction of sp³-hybridized carbons (Fsp3) is 0.405. The van der Waals surface area contributed by atoms with Crippen LogP contribution in [0.2, 0.25) is 5.02 Å². The minimum atomic E-state index is -0.515. The molecule has 1 aromatic carbocycles. The van der Waals surface area contributed by atoms with Crippen LogP contribution in [0.4, 0.5) is 26.4 Å². The molecule has 1 atom stereocenters. The van der Waals surface area contributed by atoms with Crippen LogP contribution in [0.1, 0.15) is 31.9 Å². The Bertz CT molecular complexity index is 2170. The Kier molecular flexibility index (Phi) is 9.37. The van der Waals surface area contributed by atoms with Crippen LogP contribution in [-0.2, 0) is 11.8 Å². The van der Waals surface area contributed by atoms with Gasteiger partial charge in [-0.25, -0.2) is 24.1 Å². The Balaban J connectivity index is 0.843. The lowest BCUT2D eigenvalue weighted by Crippen LogP contribution is -2.53. The summed E-state index contributed by atoms with van der Waals surface area (Å²) in [6, 6.07) is 8.53. The van der Waals surface area contributed by atoms with Crippen molar-refractivity contribution in [1.82, 2.24) is 39.9 Å². The molecule has 5 aromatic rings. The van der Waals surface area contributed by atoms with Crippen molar-refractivity contribution in [3.05, 3.63) is 65.5 Å². The maximum Gasteiger partial charge on any atom is 0.328 e. The summed E-state index contributed by atoms with van der Waals surface area (Å²) < 4.78 is 23.2. The van der Waals surface area contributed by atoms with Crippen molar-refractivity contribution < 1.29 is 18.7 Å². The molecule has 0 unspecified atom stereocenters. The first-order chi connectivity index (χ1) is 25.6. The number of imide groups is 1. The first kappa shape index (κ1) is 34.8. The van der Waals surface area contributed by atoms with Crippen LogP contribution < -0.4 is 24.8 Å². The van der Waals surface area contributed by atoms with Crippen molar-refractivity contribution in [3.63, 3.8) is 0 Å². The van der Waals surface area contributed by atoms with Gasteiger partial charge >= 0.3 is 6.03 Å². The maximum absolute atomic E-state index is 15.2. The van der Waals surface area contributed by atoms with Crippen molar-refractivity contribution in [1.29, 1.82) is 0 Å². The molecule has 53 heavy (non-hydrogen) atoms. The van der Waals surface area contributed by atoms with Gasteiger partial charge in [0, 0.05) is 77.2 Å². The molecule has 2 N–H and O–H groups in total. The molecule has 14 nitrogen and oxygen atoms in total. The summed E-state index contributed by atoms with van der Waals surface area (Å²) in [5, 5.41) is 7.07. The minimum absolute atomic E-state index is 0.200. The fourth-order valence-electron chi connectivity index (χ4n) is 7.68. The number of benzene rings is 1. The number of aryl methyl sites for hydroxylation is 2. The maximum atomic E-state index is 15.2. The molecule has 0 saturated carbocycles. The van der Waals surface area contributed by atoms with Gasteiger partial charge in [0.25, 0.3) is 0 Å². The topological polar surface area (TPSA) is 141 Å². The summed E-state index contributed by atoms with van der Waals surface area (Å²) in [5.74, 6) is 2.38. The lowest BCUT2D eigenvalue weighted by Gasteiger charge is -2.43. The van der Waals surface area contributed by atoms with Crippen molar-refractivity contribution in [2.45, 2.75) is 39.2 Å². The van der Waals surface area contributed by atoms with Gasteiger partial charge < -0.3 is 19.5 Å². The normalized spacial score (nSPS) is 19.0. The zero-order chi connectivity index (χ0) is 36.8. The fourth-order valence-corrected chi connectivity index (χ4v) is 7.87. The third-order valence-corrected chi connectivity index (χ3v) is 10.7. The SMILES string of the molecule is Cc1nn(C)cc1-c1nc2ncc(Cl)c(Oc3ccc(N4CCN(CC5CCN(c6ccc(N7CCC(=O)NC7=O)cc6F)CC5)C[C@@H]4C)nc3)c2[nH]1. The Morgan fingerprint density at radius 2 is 1.87 bits per heavy atom. The predicted molar refractivity (Wildman–Crippen MR) is 200 cm³/mol. The second-order valence-corrected chi connectivity index (χ2v) is 14.5. The second-order valence-electron chi connectivity index (χ2n) is 14.1. The second kappa shape index (κ2) is 14.3. The smallest absolute Gasteiger partial charge is 0.328 e. The summed E-state index contributed by atoms with van der Waals surface area (Å²) in [6.07, 6.45) is 7.32. The van der Waals surface area contributed by atoms with Crippen LogP contribution in [0.15, 0.2) is 48.9 Å². The average Bonchev–Trinajstić information content (AvgIpc) is 3.72. The van der Waals surface area contributed by atoms with E-state index in [1.54, 1.807) is 23.0 Å². The van der Waals surface area contributed by atoms with Crippen LogP contribution in [0.3, 0.4) is 0 Å². The lowest BCUT2D eigenvalue weighted by molar-refractivity contribution is -0.120. The molecule has 7 heterocycles. The number of aromatic amines is 1. The number of H-pyrrole nitrogens is 1. The zero-order valence-corrected chi connectivity index (χ0v) is 30.6. The Morgan fingerprint density at radius 3 is 2.57 bits per heavy atom. The van der Waals surface area contributed by atoms with Crippen LogP contribution in [0, 0.1) is 18.7 Å². The minimum Gasteiger partial charge on any atom is -0.452 e. The molecule has 276 valence electrons. The quantitative estimate of drug-likeness (QED) is 0.209. The Hall–Kier alpha value is -5.28. The van der Waals surface area contributed by atoms with Gasteiger partial charge in [0.15, 0.2) is 11.4 Å². The molecular weight excluding hydrogens is 701 g/mol. The number of amides is 3. The van der Waals surface area contributed by atoms with Crippen LogP contribution >= 0.6 is 11.6 Å². The van der Waals surface area contributed by atoms with Crippen molar-refractivity contribution >= 4 is 51.9 Å². The van der Waals surface area contributed by atoms with E-state index in [2.05, 4.69) is 47.0 Å². The molecular formula is C37H41ClFN11O3. The van der Waals surface area contributed by atoms with E-state index >= 15 is 4.39 Å². The standard InChI is InChI=1S/C37H41ClFN11O3/c1-22-19-47(20-24-8-11-48(12-9-24)30-6-4-25(16-29(30)39)50-13-10-32(51)42-37(50)52)14-15-49(22)31-7-5-26(17-40-31)53-34-28(38)18-41-36-33(34)43-35(44-36)27-21-46(3)45-23(27)2/h4-7,16-18,21-22,24H,8-15,19-20H2,1-3H3,(H,41,43,44)(H,42,51,52)/t22-/m0/s1. The van der Waals surface area contributed by atoms with Crippen LogP contribution in [0.5, 0.6) is 11.5 Å². The largest absolute Gasteiger partial charge is 0.452 e. The molecule has 0 spiro atoms. The van der Waals surface area contributed by atoms with Crippen LogP contribution in [0.25, 0.3) is 22.6 Å². The van der Waals surface area contributed by atoms with Crippen molar-refractivity contribution in [3.8, 4) is 22.9 Å².